The summed E-state index contributed by atoms with van der Waals surface area (Å²) in [6, 6.07) is 13.4. The second-order valence-electron chi connectivity index (χ2n) is 8.52. The summed E-state index contributed by atoms with van der Waals surface area (Å²) < 4.78 is 60.1. The average molecular weight is 546 g/mol. The fourth-order valence-electron chi connectivity index (χ4n) is 3.91. The Kier molecular flexibility index (Phi) is 7.76. The van der Waals surface area contributed by atoms with Crippen molar-refractivity contribution in [2.24, 2.45) is 5.92 Å². The van der Waals surface area contributed by atoms with Crippen molar-refractivity contribution in [2.45, 2.75) is 29.6 Å². The van der Waals surface area contributed by atoms with Gasteiger partial charge in [0.2, 0.25) is 21.9 Å². The third kappa shape index (κ3) is 6.24. The number of ether oxygens (including phenoxy) is 1. The lowest BCUT2D eigenvalue weighted by molar-refractivity contribution is -0.120. The quantitative estimate of drug-likeness (QED) is 0.439. The van der Waals surface area contributed by atoms with Crippen molar-refractivity contribution >= 4 is 37.6 Å². The molecule has 0 saturated carbocycles. The normalized spacial score (nSPS) is 16.6. The third-order valence-corrected chi connectivity index (χ3v) is 9.13. The SMILES string of the molecule is COc1ccc(S(=O)(=O)N2CCC[C@@H](C(=O)Nc3ccc(S(=O)(=O)Nc4nccc(C)n4)cc3)C2)cc1. The molecule has 4 rings (SSSR count). The molecule has 0 radical (unpaired) electrons. The Bertz CT molecular complexity index is 1480. The Morgan fingerprint density at radius 3 is 2.32 bits per heavy atom. The molecule has 1 saturated heterocycles. The largest absolute Gasteiger partial charge is 0.497 e. The molecule has 0 unspecified atom stereocenters. The van der Waals surface area contributed by atoms with Crippen molar-refractivity contribution in [2.75, 3.05) is 30.2 Å². The molecule has 1 aromatic heterocycles. The molecular weight excluding hydrogens is 518 g/mol. The average Bonchev–Trinajstić information content (AvgIpc) is 2.89. The molecule has 0 spiro atoms. The van der Waals surface area contributed by atoms with Crippen LogP contribution in [0.15, 0.2) is 70.6 Å². The number of methoxy groups -OCH3 is 1. The molecule has 1 aliphatic heterocycles. The van der Waals surface area contributed by atoms with Crippen LogP contribution in [0.2, 0.25) is 0 Å². The number of nitrogens with one attached hydrogen (secondary N) is 2. The molecule has 11 nitrogen and oxygen atoms in total. The molecule has 196 valence electrons. The van der Waals surface area contributed by atoms with Gasteiger partial charge in [0, 0.05) is 30.7 Å². The monoisotopic (exact) mass is 545 g/mol. The van der Waals surface area contributed by atoms with E-state index in [1.165, 1.54) is 54.0 Å². The Morgan fingerprint density at radius 1 is 1.00 bits per heavy atom. The molecule has 1 fully saturated rings. The number of benzene rings is 2. The van der Waals surface area contributed by atoms with Crippen molar-refractivity contribution in [1.29, 1.82) is 0 Å². The number of rotatable bonds is 8. The van der Waals surface area contributed by atoms with E-state index in [0.29, 0.717) is 36.5 Å². The highest BCUT2D eigenvalue weighted by atomic mass is 32.2. The molecule has 13 heteroatoms. The number of sulfonamides is 2. The van der Waals surface area contributed by atoms with Crippen LogP contribution in [0.25, 0.3) is 0 Å². The fraction of sp³-hybridized carbons (Fsp3) is 0.292. The smallest absolute Gasteiger partial charge is 0.264 e. The van der Waals surface area contributed by atoms with E-state index in [9.17, 15) is 21.6 Å². The van der Waals surface area contributed by atoms with Crippen LogP contribution in [0.3, 0.4) is 0 Å². The zero-order valence-electron chi connectivity index (χ0n) is 20.3. The van der Waals surface area contributed by atoms with Gasteiger partial charge in [0.05, 0.1) is 22.8 Å². The van der Waals surface area contributed by atoms with Crippen LogP contribution in [0, 0.1) is 12.8 Å². The third-order valence-electron chi connectivity index (χ3n) is 5.90. The topological polar surface area (TPSA) is 148 Å². The number of nitrogens with zero attached hydrogens (tertiary/aromatic N) is 3. The van der Waals surface area contributed by atoms with Gasteiger partial charge < -0.3 is 10.1 Å². The zero-order chi connectivity index (χ0) is 26.6. The van der Waals surface area contributed by atoms with Gasteiger partial charge in [-0.15, -0.1) is 0 Å². The van der Waals surface area contributed by atoms with Crippen LogP contribution >= 0.6 is 0 Å². The minimum absolute atomic E-state index is 0.0231. The Labute approximate surface area is 216 Å². The summed E-state index contributed by atoms with van der Waals surface area (Å²) in [7, 11) is -6.18. The summed E-state index contributed by atoms with van der Waals surface area (Å²) in [5, 5.41) is 2.76. The van der Waals surface area contributed by atoms with Crippen LogP contribution < -0.4 is 14.8 Å². The number of amides is 1. The highest BCUT2D eigenvalue weighted by Crippen LogP contribution is 2.26. The molecule has 2 aromatic carbocycles. The molecule has 2 N–H and O–H groups in total. The van der Waals surface area contributed by atoms with E-state index in [2.05, 4.69) is 20.0 Å². The number of piperidine rings is 1. The molecule has 1 atom stereocenters. The molecule has 37 heavy (non-hydrogen) atoms. The van der Waals surface area contributed by atoms with Crippen LogP contribution in [-0.2, 0) is 24.8 Å². The molecule has 1 aliphatic rings. The summed E-state index contributed by atoms with van der Waals surface area (Å²) >= 11 is 0. The molecule has 0 aliphatic carbocycles. The maximum Gasteiger partial charge on any atom is 0.264 e. The molecule has 0 bridgehead atoms. The highest BCUT2D eigenvalue weighted by Gasteiger charge is 2.33. The van der Waals surface area contributed by atoms with E-state index in [1.807, 2.05) is 0 Å². The minimum Gasteiger partial charge on any atom is -0.497 e. The molecule has 3 aromatic rings. The Balaban J connectivity index is 1.40. The first-order valence-corrected chi connectivity index (χ1v) is 14.4. The summed E-state index contributed by atoms with van der Waals surface area (Å²) in [5.41, 5.74) is 1.01. The number of carbonyl (C=O) groups is 1. The lowest BCUT2D eigenvalue weighted by Crippen LogP contribution is -2.43. The number of aryl methyl sites for hydroxylation is 1. The fourth-order valence-corrected chi connectivity index (χ4v) is 6.39. The van der Waals surface area contributed by atoms with Crippen LogP contribution in [0.1, 0.15) is 18.5 Å². The van der Waals surface area contributed by atoms with E-state index in [-0.39, 0.29) is 28.2 Å². The van der Waals surface area contributed by atoms with E-state index in [1.54, 1.807) is 25.1 Å². The molecular formula is C24H27N5O6S2. The number of carbonyl (C=O) groups excluding carboxylic acids is 1. The Morgan fingerprint density at radius 2 is 1.68 bits per heavy atom. The zero-order valence-corrected chi connectivity index (χ0v) is 21.9. The highest BCUT2D eigenvalue weighted by molar-refractivity contribution is 7.92. The summed E-state index contributed by atoms with van der Waals surface area (Å²) in [6.07, 6.45) is 2.53. The maximum atomic E-state index is 13.1. The second kappa shape index (κ2) is 10.8. The van der Waals surface area contributed by atoms with Crippen molar-refractivity contribution < 1.29 is 26.4 Å². The lowest BCUT2D eigenvalue weighted by Gasteiger charge is -2.31. The van der Waals surface area contributed by atoms with Gasteiger partial charge in [-0.05, 0) is 74.4 Å². The van der Waals surface area contributed by atoms with Gasteiger partial charge in [0.1, 0.15) is 5.75 Å². The van der Waals surface area contributed by atoms with Crippen molar-refractivity contribution in [1.82, 2.24) is 14.3 Å². The summed E-state index contributed by atoms with van der Waals surface area (Å²) in [6.45, 7) is 2.09. The number of aromatic nitrogens is 2. The summed E-state index contributed by atoms with van der Waals surface area (Å²) in [5.74, 6) is -0.376. The Hall–Kier alpha value is -3.55. The minimum atomic E-state index is -3.92. The van der Waals surface area contributed by atoms with Gasteiger partial charge in [-0.25, -0.2) is 31.5 Å². The van der Waals surface area contributed by atoms with Crippen LogP contribution in [-0.4, -0.2) is 57.2 Å². The number of anilines is 2. The van der Waals surface area contributed by atoms with E-state index in [4.69, 9.17) is 4.74 Å². The van der Waals surface area contributed by atoms with Gasteiger partial charge in [-0.2, -0.15) is 4.31 Å². The van der Waals surface area contributed by atoms with Crippen molar-refractivity contribution in [3.8, 4) is 5.75 Å². The van der Waals surface area contributed by atoms with Gasteiger partial charge in [-0.3, -0.25) is 4.79 Å². The van der Waals surface area contributed by atoms with E-state index in [0.717, 1.165) is 0 Å². The van der Waals surface area contributed by atoms with E-state index < -0.39 is 26.0 Å². The van der Waals surface area contributed by atoms with Crippen LogP contribution in [0.4, 0.5) is 11.6 Å². The van der Waals surface area contributed by atoms with Crippen molar-refractivity contribution in [3.05, 3.63) is 66.5 Å². The van der Waals surface area contributed by atoms with Gasteiger partial charge >= 0.3 is 0 Å². The second-order valence-corrected chi connectivity index (χ2v) is 12.1. The number of hydrogen-bond donors (Lipinski definition) is 2. The predicted octanol–water partition coefficient (Wildman–Crippen LogP) is 2.63. The van der Waals surface area contributed by atoms with Gasteiger partial charge in [0.25, 0.3) is 10.0 Å². The standard InChI is InChI=1S/C24H27N5O6S2/c1-17-13-14-25-24(26-17)28-36(31,32)21-9-5-19(6-10-21)27-23(30)18-4-3-15-29(16-18)37(33,34)22-11-7-20(35-2)8-12-22/h5-14,18H,3-4,15-16H2,1-2H3,(H,27,30)(H,25,26,28)/t18-/m1/s1. The number of hydrogen-bond acceptors (Lipinski definition) is 8. The lowest BCUT2D eigenvalue weighted by atomic mass is 9.99. The molecule has 2 heterocycles. The van der Waals surface area contributed by atoms with Gasteiger partial charge in [0.15, 0.2) is 0 Å². The van der Waals surface area contributed by atoms with Crippen LogP contribution in [0.5, 0.6) is 5.75 Å². The first-order chi connectivity index (χ1) is 17.6. The van der Waals surface area contributed by atoms with E-state index >= 15 is 0 Å². The summed E-state index contributed by atoms with van der Waals surface area (Å²) in [4.78, 5) is 21.0. The predicted molar refractivity (Wildman–Crippen MR) is 137 cm³/mol. The van der Waals surface area contributed by atoms with Gasteiger partial charge in [-0.1, -0.05) is 0 Å². The maximum absolute atomic E-state index is 13.1. The first-order valence-electron chi connectivity index (χ1n) is 11.5. The van der Waals surface area contributed by atoms with Crippen molar-refractivity contribution in [3.63, 3.8) is 0 Å². The molecule has 1 amide bonds. The first kappa shape index (κ1) is 26.5.